The van der Waals surface area contributed by atoms with Crippen molar-refractivity contribution < 1.29 is 48.0 Å². The van der Waals surface area contributed by atoms with Gasteiger partial charge in [0.05, 0.1) is 36.1 Å². The maximum atomic E-state index is 13.3. The van der Waals surface area contributed by atoms with Gasteiger partial charge in [0.15, 0.2) is 6.10 Å². The highest BCUT2D eigenvalue weighted by molar-refractivity contribution is 5.82. The second-order valence-electron chi connectivity index (χ2n) is 12.9. The maximum Gasteiger partial charge on any atom is 0.339 e. The summed E-state index contributed by atoms with van der Waals surface area (Å²) in [5.74, 6) is -2.50. The Morgan fingerprint density at radius 2 is 1.95 bits per heavy atom. The number of hydrogen-bond donors (Lipinski definition) is 2. The van der Waals surface area contributed by atoms with Gasteiger partial charge < -0.3 is 33.6 Å². The van der Waals surface area contributed by atoms with E-state index in [1.54, 1.807) is 26.2 Å². The van der Waals surface area contributed by atoms with Gasteiger partial charge in [0, 0.05) is 29.2 Å². The van der Waals surface area contributed by atoms with Crippen molar-refractivity contribution in [2.75, 3.05) is 6.61 Å². The number of aliphatic hydroxyl groups excluding tert-OH is 1. The molecule has 38 heavy (non-hydrogen) atoms. The minimum atomic E-state index is -1.29. The van der Waals surface area contributed by atoms with Crippen molar-refractivity contribution >= 4 is 17.9 Å². The SMILES string of the molecule is CC(=O)OC1CC(=O)OCC12C(C(C)(C)O)CC(O)C1(C)C2CCC2(C)C(c3ccoc3)OC(=O)C3OC321. The molecule has 4 heterocycles. The summed E-state index contributed by atoms with van der Waals surface area (Å²) in [4.78, 5) is 38.0. The molecule has 5 aliphatic rings. The molecule has 6 rings (SSSR count). The van der Waals surface area contributed by atoms with E-state index in [4.69, 9.17) is 23.4 Å². The fraction of sp³-hybridized carbons (Fsp3) is 0.750. The van der Waals surface area contributed by atoms with Gasteiger partial charge in [-0.2, -0.15) is 0 Å². The predicted molar refractivity (Wildman–Crippen MR) is 128 cm³/mol. The number of carbonyl (C=O) groups is 3. The summed E-state index contributed by atoms with van der Waals surface area (Å²) in [5.41, 5.74) is -4.39. The third kappa shape index (κ3) is 2.97. The number of rotatable bonds is 3. The Balaban J connectivity index is 1.54. The van der Waals surface area contributed by atoms with Gasteiger partial charge in [-0.1, -0.05) is 13.8 Å². The largest absolute Gasteiger partial charge is 0.472 e. The van der Waals surface area contributed by atoms with E-state index in [1.807, 2.05) is 13.8 Å². The van der Waals surface area contributed by atoms with Crippen molar-refractivity contribution in [3.05, 3.63) is 24.2 Å². The Hall–Kier alpha value is -2.43. The van der Waals surface area contributed by atoms with Gasteiger partial charge in [-0.05, 0) is 45.1 Å². The summed E-state index contributed by atoms with van der Waals surface area (Å²) in [6.07, 6.45) is 0.837. The van der Waals surface area contributed by atoms with Crippen molar-refractivity contribution in [3.8, 4) is 0 Å². The van der Waals surface area contributed by atoms with Crippen molar-refractivity contribution in [2.45, 2.75) is 95.9 Å². The first kappa shape index (κ1) is 25.8. The minimum Gasteiger partial charge on any atom is -0.472 e. The molecule has 0 radical (unpaired) electrons. The molecule has 3 aliphatic heterocycles. The lowest BCUT2D eigenvalue weighted by atomic mass is 9.36. The lowest BCUT2D eigenvalue weighted by Gasteiger charge is -2.69. The molecular weight excluding hydrogens is 496 g/mol. The lowest BCUT2D eigenvalue weighted by molar-refractivity contribution is -0.298. The monoisotopic (exact) mass is 532 g/mol. The van der Waals surface area contributed by atoms with E-state index in [-0.39, 0.29) is 19.4 Å². The average Bonchev–Trinajstić information content (AvgIpc) is 3.39. The van der Waals surface area contributed by atoms with Gasteiger partial charge >= 0.3 is 17.9 Å². The quantitative estimate of drug-likeness (QED) is 0.338. The number of epoxide rings is 1. The molecule has 208 valence electrons. The molecule has 10 atom stereocenters. The van der Waals surface area contributed by atoms with E-state index in [2.05, 4.69) is 0 Å². The number of esters is 3. The average molecular weight is 533 g/mol. The highest BCUT2D eigenvalue weighted by Crippen LogP contribution is 2.79. The molecule has 0 aromatic carbocycles. The summed E-state index contributed by atoms with van der Waals surface area (Å²) in [6.45, 7) is 8.54. The van der Waals surface area contributed by atoms with Crippen LogP contribution in [-0.4, -0.2) is 64.2 Å². The Labute approximate surface area is 220 Å². The van der Waals surface area contributed by atoms with Crippen LogP contribution >= 0.6 is 0 Å². The van der Waals surface area contributed by atoms with Crippen molar-refractivity contribution in [2.24, 2.45) is 28.1 Å². The zero-order valence-corrected chi connectivity index (χ0v) is 22.4. The summed E-state index contributed by atoms with van der Waals surface area (Å²) in [7, 11) is 0. The van der Waals surface area contributed by atoms with Crippen molar-refractivity contribution in [3.63, 3.8) is 0 Å². The number of ether oxygens (including phenoxy) is 4. The first-order chi connectivity index (χ1) is 17.7. The summed E-state index contributed by atoms with van der Waals surface area (Å²) in [6, 6.07) is 1.77. The maximum absolute atomic E-state index is 13.3. The van der Waals surface area contributed by atoms with Crippen LogP contribution in [0.2, 0.25) is 0 Å². The minimum absolute atomic E-state index is 0.0710. The molecule has 0 amide bonds. The number of furan rings is 1. The molecule has 10 nitrogen and oxygen atoms in total. The van der Waals surface area contributed by atoms with Crippen LogP contribution in [0, 0.1) is 28.1 Å². The standard InChI is InChI=1S/C28H36O10/c1-14(29)36-19-11-20(31)35-13-27(19)16-6-8-25(4)21(15-7-9-34-12-15)37-23(32)22-28(25,38-22)26(16,5)18(30)10-17(27)24(2,3)33/h7,9,12,16-19,21-22,30,33H,6,8,10-11,13H2,1-5H3. The summed E-state index contributed by atoms with van der Waals surface area (Å²) in [5, 5.41) is 23.4. The Morgan fingerprint density at radius 3 is 2.58 bits per heavy atom. The van der Waals surface area contributed by atoms with Crippen LogP contribution in [0.3, 0.4) is 0 Å². The first-order valence-corrected chi connectivity index (χ1v) is 13.4. The molecule has 10 unspecified atom stereocenters. The van der Waals surface area contributed by atoms with E-state index in [1.165, 1.54) is 13.2 Å². The predicted octanol–water partition coefficient (Wildman–Crippen LogP) is 2.45. The molecule has 0 bridgehead atoms. The zero-order valence-electron chi connectivity index (χ0n) is 22.4. The third-order valence-electron chi connectivity index (χ3n) is 10.9. The Morgan fingerprint density at radius 1 is 1.21 bits per heavy atom. The molecule has 10 heteroatoms. The topological polar surface area (TPSA) is 145 Å². The summed E-state index contributed by atoms with van der Waals surface area (Å²) < 4.78 is 29.2. The van der Waals surface area contributed by atoms with Gasteiger partial charge in [0.2, 0.25) is 0 Å². The number of fused-ring (bicyclic) bond motifs is 2. The van der Waals surface area contributed by atoms with Gasteiger partial charge in [-0.3, -0.25) is 9.59 Å². The zero-order chi connectivity index (χ0) is 27.5. The van der Waals surface area contributed by atoms with Crippen molar-refractivity contribution in [1.29, 1.82) is 0 Å². The molecule has 2 aliphatic carbocycles. The second-order valence-corrected chi connectivity index (χ2v) is 12.9. The fourth-order valence-corrected chi connectivity index (χ4v) is 9.39. The van der Waals surface area contributed by atoms with Crippen LogP contribution in [0.1, 0.15) is 72.0 Å². The van der Waals surface area contributed by atoms with Gasteiger partial charge in [0.25, 0.3) is 0 Å². The van der Waals surface area contributed by atoms with Crippen molar-refractivity contribution in [1.82, 2.24) is 0 Å². The molecular formula is C28H36O10. The summed E-state index contributed by atoms with van der Waals surface area (Å²) >= 11 is 0. The van der Waals surface area contributed by atoms with E-state index in [9.17, 15) is 24.6 Å². The number of carbonyl (C=O) groups excluding carboxylic acids is 3. The Bertz CT molecular complexity index is 1170. The molecule has 1 aromatic heterocycles. The second kappa shape index (κ2) is 7.82. The molecule has 2 N–H and O–H groups in total. The molecule has 5 fully saturated rings. The highest BCUT2D eigenvalue weighted by atomic mass is 16.7. The van der Waals surface area contributed by atoms with Crippen LogP contribution in [0.25, 0.3) is 0 Å². The molecule has 2 spiro atoms. The molecule has 3 saturated heterocycles. The first-order valence-electron chi connectivity index (χ1n) is 13.4. The highest BCUT2D eigenvalue weighted by Gasteiger charge is 2.88. The van der Waals surface area contributed by atoms with Gasteiger partial charge in [0.1, 0.15) is 24.4 Å². The van der Waals surface area contributed by atoms with Crippen LogP contribution in [0.15, 0.2) is 23.0 Å². The smallest absolute Gasteiger partial charge is 0.339 e. The van der Waals surface area contributed by atoms with Crippen LogP contribution < -0.4 is 0 Å². The molecule has 2 saturated carbocycles. The van der Waals surface area contributed by atoms with E-state index in [0.29, 0.717) is 12.8 Å². The van der Waals surface area contributed by atoms with Gasteiger partial charge in [-0.25, -0.2) is 4.79 Å². The Kier molecular flexibility index (Phi) is 5.32. The van der Waals surface area contributed by atoms with E-state index in [0.717, 1.165) is 5.56 Å². The lowest BCUT2D eigenvalue weighted by Crippen LogP contribution is -2.76. The normalized spacial score (nSPS) is 47.8. The van der Waals surface area contributed by atoms with E-state index < -0.39 is 81.6 Å². The number of aliphatic hydroxyl groups is 2. The molecule has 1 aromatic rings. The number of cyclic esters (lactones) is 2. The fourth-order valence-electron chi connectivity index (χ4n) is 9.39. The van der Waals surface area contributed by atoms with Crippen LogP contribution in [0.4, 0.5) is 0 Å². The van der Waals surface area contributed by atoms with Crippen LogP contribution in [0.5, 0.6) is 0 Å². The van der Waals surface area contributed by atoms with Crippen LogP contribution in [-0.2, 0) is 33.3 Å². The number of hydrogen-bond acceptors (Lipinski definition) is 10. The van der Waals surface area contributed by atoms with Gasteiger partial charge in [-0.15, -0.1) is 0 Å². The van der Waals surface area contributed by atoms with E-state index >= 15 is 0 Å². The third-order valence-corrected chi connectivity index (χ3v) is 10.9.